The molecule has 0 radical (unpaired) electrons. The highest BCUT2D eigenvalue weighted by molar-refractivity contribution is 6.09. The van der Waals surface area contributed by atoms with Gasteiger partial charge < -0.3 is 5.32 Å². The van der Waals surface area contributed by atoms with Crippen molar-refractivity contribution in [2.45, 2.75) is 31.5 Å². The Kier molecular flexibility index (Phi) is 5.32. The first-order valence-electron chi connectivity index (χ1n) is 8.79. The molecule has 1 heterocycles. The van der Waals surface area contributed by atoms with Gasteiger partial charge in [-0.05, 0) is 43.5 Å². The van der Waals surface area contributed by atoms with Gasteiger partial charge in [0.25, 0.3) is 11.8 Å². The monoisotopic (exact) mass is 405 g/mol. The van der Waals surface area contributed by atoms with Crippen LogP contribution in [0, 0.1) is 0 Å². The highest BCUT2D eigenvalue weighted by Crippen LogP contribution is 2.29. The molecular formula is C20H18F3N3O3. The molecule has 1 aliphatic rings. The van der Waals surface area contributed by atoms with E-state index in [-0.39, 0.29) is 12.0 Å². The van der Waals surface area contributed by atoms with Gasteiger partial charge >= 0.3 is 12.2 Å². The van der Waals surface area contributed by atoms with Crippen molar-refractivity contribution >= 4 is 17.8 Å². The molecule has 0 spiro atoms. The van der Waals surface area contributed by atoms with Crippen LogP contribution in [-0.4, -0.2) is 28.4 Å². The summed E-state index contributed by atoms with van der Waals surface area (Å²) in [5.74, 6) is -1.68. The molecule has 6 nitrogen and oxygen atoms in total. The number of halogens is 3. The van der Waals surface area contributed by atoms with E-state index in [1.165, 1.54) is 6.92 Å². The van der Waals surface area contributed by atoms with Crippen molar-refractivity contribution in [3.05, 3.63) is 71.3 Å². The maximum absolute atomic E-state index is 12.8. The largest absolute Gasteiger partial charge is 0.416 e. The average molecular weight is 405 g/mol. The zero-order valence-electron chi connectivity index (χ0n) is 15.4. The van der Waals surface area contributed by atoms with Gasteiger partial charge in [0, 0.05) is 5.56 Å². The molecule has 4 amide bonds. The first-order valence-corrected chi connectivity index (χ1v) is 8.79. The van der Waals surface area contributed by atoms with Crippen molar-refractivity contribution in [2.24, 2.45) is 0 Å². The number of amides is 4. The van der Waals surface area contributed by atoms with E-state index >= 15 is 0 Å². The second-order valence-corrected chi connectivity index (χ2v) is 6.91. The number of carbonyl (C=O) groups is 3. The molecular weight excluding hydrogens is 387 g/mol. The number of nitrogens with one attached hydrogen (secondary N) is 2. The van der Waals surface area contributed by atoms with Crippen LogP contribution >= 0.6 is 0 Å². The van der Waals surface area contributed by atoms with Crippen molar-refractivity contribution in [2.75, 3.05) is 0 Å². The Labute approximate surface area is 164 Å². The number of hydrogen-bond acceptors (Lipinski definition) is 3. The number of urea groups is 1. The summed E-state index contributed by atoms with van der Waals surface area (Å²) >= 11 is 0. The number of nitrogens with zero attached hydrogens (tertiary/aromatic N) is 1. The lowest BCUT2D eigenvalue weighted by Crippen LogP contribution is -2.49. The Morgan fingerprint density at radius 2 is 1.79 bits per heavy atom. The molecule has 9 heteroatoms. The topological polar surface area (TPSA) is 78.5 Å². The Bertz CT molecular complexity index is 947. The number of aryl methyl sites for hydroxylation is 1. The van der Waals surface area contributed by atoms with E-state index in [2.05, 4.69) is 10.7 Å². The van der Waals surface area contributed by atoms with Crippen LogP contribution in [0.2, 0.25) is 0 Å². The van der Waals surface area contributed by atoms with Crippen LogP contribution < -0.4 is 10.7 Å². The van der Waals surface area contributed by atoms with Crippen molar-refractivity contribution in [3.63, 3.8) is 0 Å². The molecule has 0 bridgehead atoms. The van der Waals surface area contributed by atoms with Gasteiger partial charge in [0.2, 0.25) is 0 Å². The van der Waals surface area contributed by atoms with Crippen LogP contribution in [0.25, 0.3) is 0 Å². The SMILES string of the molecule is CC1(CCc2ccccc2)NC(=O)N(NC(=O)c2cccc(C(F)(F)F)c2)C1=O. The lowest BCUT2D eigenvalue weighted by atomic mass is 9.93. The van der Waals surface area contributed by atoms with Crippen LogP contribution in [-0.2, 0) is 17.4 Å². The molecule has 2 N–H and O–H groups in total. The maximum Gasteiger partial charge on any atom is 0.416 e. The molecule has 2 aromatic rings. The molecule has 1 unspecified atom stereocenters. The number of hydrazine groups is 1. The molecule has 0 saturated carbocycles. The fourth-order valence-corrected chi connectivity index (χ4v) is 3.00. The van der Waals surface area contributed by atoms with Gasteiger partial charge in [-0.3, -0.25) is 15.0 Å². The van der Waals surface area contributed by atoms with Crippen molar-refractivity contribution < 1.29 is 27.6 Å². The Hall–Kier alpha value is -3.36. The first-order chi connectivity index (χ1) is 13.6. The Morgan fingerprint density at radius 3 is 2.45 bits per heavy atom. The van der Waals surface area contributed by atoms with Gasteiger partial charge in [0.05, 0.1) is 5.56 Å². The highest BCUT2D eigenvalue weighted by atomic mass is 19.4. The quantitative estimate of drug-likeness (QED) is 0.750. The second kappa shape index (κ2) is 7.57. The van der Waals surface area contributed by atoms with E-state index in [1.807, 2.05) is 30.3 Å². The molecule has 1 atom stereocenters. The number of benzene rings is 2. The zero-order chi connectivity index (χ0) is 21.2. The predicted molar refractivity (Wildman–Crippen MR) is 97.5 cm³/mol. The summed E-state index contributed by atoms with van der Waals surface area (Å²) in [6, 6.07) is 12.2. The smallest absolute Gasteiger partial charge is 0.322 e. The number of alkyl halides is 3. The third-order valence-corrected chi connectivity index (χ3v) is 4.68. The van der Waals surface area contributed by atoms with Gasteiger partial charge in [-0.25, -0.2) is 4.79 Å². The van der Waals surface area contributed by atoms with E-state index in [0.29, 0.717) is 17.5 Å². The van der Waals surface area contributed by atoms with Gasteiger partial charge in [-0.2, -0.15) is 18.2 Å². The van der Waals surface area contributed by atoms with Crippen LogP contribution in [0.5, 0.6) is 0 Å². The predicted octanol–water partition coefficient (Wildman–Crippen LogP) is 3.29. The normalized spacial score (nSPS) is 19.2. The van der Waals surface area contributed by atoms with E-state index in [9.17, 15) is 27.6 Å². The molecule has 1 fully saturated rings. The van der Waals surface area contributed by atoms with Crippen LogP contribution in [0.3, 0.4) is 0 Å². The Balaban J connectivity index is 1.70. The summed E-state index contributed by atoms with van der Waals surface area (Å²) in [6.07, 6.45) is -3.82. The summed E-state index contributed by atoms with van der Waals surface area (Å²) in [6.45, 7) is 1.53. The molecule has 0 aromatic heterocycles. The third-order valence-electron chi connectivity index (χ3n) is 4.68. The van der Waals surface area contributed by atoms with Crippen LogP contribution in [0.1, 0.15) is 34.8 Å². The number of imide groups is 1. The highest BCUT2D eigenvalue weighted by Gasteiger charge is 2.48. The lowest BCUT2D eigenvalue weighted by Gasteiger charge is -2.21. The summed E-state index contributed by atoms with van der Waals surface area (Å²) in [4.78, 5) is 37.2. The summed E-state index contributed by atoms with van der Waals surface area (Å²) in [5.41, 5.74) is 0.499. The fraction of sp³-hybridized carbons (Fsp3) is 0.250. The number of hydrogen-bond donors (Lipinski definition) is 2. The number of rotatable bonds is 5. The minimum atomic E-state index is -4.62. The average Bonchev–Trinajstić information content (AvgIpc) is 2.90. The van der Waals surface area contributed by atoms with E-state index in [0.717, 1.165) is 23.8 Å². The molecule has 2 aromatic carbocycles. The molecule has 29 heavy (non-hydrogen) atoms. The minimum Gasteiger partial charge on any atom is -0.322 e. The van der Waals surface area contributed by atoms with Crippen molar-refractivity contribution in [1.29, 1.82) is 0 Å². The first kappa shape index (κ1) is 20.4. The van der Waals surface area contributed by atoms with E-state index < -0.39 is 35.1 Å². The summed E-state index contributed by atoms with van der Waals surface area (Å²) in [5, 5.41) is 3.04. The van der Waals surface area contributed by atoms with Gasteiger partial charge in [-0.15, -0.1) is 0 Å². The van der Waals surface area contributed by atoms with E-state index in [1.54, 1.807) is 0 Å². The molecule has 152 valence electrons. The second-order valence-electron chi connectivity index (χ2n) is 6.91. The van der Waals surface area contributed by atoms with Gasteiger partial charge in [0.1, 0.15) is 5.54 Å². The summed E-state index contributed by atoms with van der Waals surface area (Å²) < 4.78 is 38.5. The molecule has 1 aliphatic heterocycles. The standard InChI is InChI=1S/C20H18F3N3O3/c1-19(11-10-13-6-3-2-4-7-13)17(28)26(18(29)24-19)25-16(27)14-8-5-9-15(12-14)20(21,22)23/h2-9,12H,10-11H2,1H3,(H,24,29)(H,25,27). The Morgan fingerprint density at radius 1 is 1.10 bits per heavy atom. The minimum absolute atomic E-state index is 0.289. The van der Waals surface area contributed by atoms with E-state index in [4.69, 9.17) is 0 Å². The van der Waals surface area contributed by atoms with Crippen molar-refractivity contribution in [3.8, 4) is 0 Å². The molecule has 1 saturated heterocycles. The third kappa shape index (κ3) is 4.39. The maximum atomic E-state index is 12.8. The van der Waals surface area contributed by atoms with Crippen LogP contribution in [0.15, 0.2) is 54.6 Å². The molecule has 0 aliphatic carbocycles. The van der Waals surface area contributed by atoms with Crippen molar-refractivity contribution in [1.82, 2.24) is 15.8 Å². The van der Waals surface area contributed by atoms with Crippen LogP contribution in [0.4, 0.5) is 18.0 Å². The number of carbonyl (C=O) groups excluding carboxylic acids is 3. The zero-order valence-corrected chi connectivity index (χ0v) is 15.4. The molecule has 3 rings (SSSR count). The summed E-state index contributed by atoms with van der Waals surface area (Å²) in [7, 11) is 0. The lowest BCUT2D eigenvalue weighted by molar-refractivity contribution is -0.137. The fourth-order valence-electron chi connectivity index (χ4n) is 3.00. The van der Waals surface area contributed by atoms with Gasteiger partial charge in [-0.1, -0.05) is 36.4 Å². The van der Waals surface area contributed by atoms with Gasteiger partial charge in [0.15, 0.2) is 0 Å².